The molecular formula is C9H20N2O. The summed E-state index contributed by atoms with van der Waals surface area (Å²) in [5.74, 6) is 0.359. The van der Waals surface area contributed by atoms with Crippen molar-refractivity contribution in [2.75, 3.05) is 41.3 Å². The Morgan fingerprint density at radius 2 is 1.25 bits per heavy atom. The van der Waals surface area contributed by atoms with Gasteiger partial charge in [0.25, 0.3) is 0 Å². The summed E-state index contributed by atoms with van der Waals surface area (Å²) in [6.45, 7) is 1.73. The molecule has 0 aliphatic rings. The van der Waals surface area contributed by atoms with Crippen molar-refractivity contribution in [3.63, 3.8) is 0 Å². The van der Waals surface area contributed by atoms with Gasteiger partial charge >= 0.3 is 0 Å². The summed E-state index contributed by atoms with van der Waals surface area (Å²) in [4.78, 5) is 15.3. The molecule has 0 aromatic heterocycles. The van der Waals surface area contributed by atoms with Gasteiger partial charge in [0, 0.05) is 25.9 Å². The Labute approximate surface area is 75.3 Å². The largest absolute Gasteiger partial charge is 0.309 e. The molecule has 0 spiro atoms. The smallest absolute Gasteiger partial charge is 0.135 e. The van der Waals surface area contributed by atoms with Crippen LogP contribution in [0.2, 0.25) is 0 Å². The van der Waals surface area contributed by atoms with Crippen molar-refractivity contribution in [3.05, 3.63) is 0 Å². The molecule has 0 atom stereocenters. The van der Waals surface area contributed by atoms with Gasteiger partial charge in [0.05, 0.1) is 0 Å². The summed E-state index contributed by atoms with van der Waals surface area (Å²) < 4.78 is 0. The standard InChI is InChI=1S/C9H20N2O/c1-10(2)7-5-9(12)6-8-11(3)4/h5-8H2,1-4H3. The Balaban J connectivity index is 3.34. The lowest BCUT2D eigenvalue weighted by molar-refractivity contribution is -0.119. The molecule has 72 valence electrons. The molecule has 0 amide bonds. The minimum Gasteiger partial charge on any atom is -0.309 e. The predicted octanol–water partition coefficient (Wildman–Crippen LogP) is 0.459. The second-order valence-corrected chi connectivity index (χ2v) is 3.65. The van der Waals surface area contributed by atoms with Gasteiger partial charge in [-0.3, -0.25) is 4.79 Å². The van der Waals surface area contributed by atoms with Crippen LogP contribution in [0.15, 0.2) is 0 Å². The maximum Gasteiger partial charge on any atom is 0.135 e. The minimum atomic E-state index is 0.359. The third kappa shape index (κ3) is 7.69. The molecule has 0 aromatic carbocycles. The van der Waals surface area contributed by atoms with Crippen molar-refractivity contribution < 1.29 is 4.79 Å². The van der Waals surface area contributed by atoms with Crippen LogP contribution in [0.25, 0.3) is 0 Å². The van der Waals surface area contributed by atoms with Crippen LogP contribution >= 0.6 is 0 Å². The summed E-state index contributed by atoms with van der Waals surface area (Å²) in [5.41, 5.74) is 0. The van der Waals surface area contributed by atoms with Gasteiger partial charge in [-0.2, -0.15) is 0 Å². The van der Waals surface area contributed by atoms with Gasteiger partial charge in [0.2, 0.25) is 0 Å². The van der Waals surface area contributed by atoms with E-state index >= 15 is 0 Å². The average Bonchev–Trinajstić information content (AvgIpc) is 1.96. The third-order valence-corrected chi connectivity index (χ3v) is 1.68. The van der Waals surface area contributed by atoms with Crippen molar-refractivity contribution in [1.29, 1.82) is 0 Å². The van der Waals surface area contributed by atoms with Crippen LogP contribution in [0.1, 0.15) is 12.8 Å². The van der Waals surface area contributed by atoms with Gasteiger partial charge in [-0.1, -0.05) is 0 Å². The van der Waals surface area contributed by atoms with E-state index in [-0.39, 0.29) is 0 Å². The van der Waals surface area contributed by atoms with E-state index in [1.807, 2.05) is 38.0 Å². The molecular weight excluding hydrogens is 152 g/mol. The summed E-state index contributed by atoms with van der Waals surface area (Å²) in [7, 11) is 7.94. The zero-order chi connectivity index (χ0) is 9.56. The topological polar surface area (TPSA) is 23.6 Å². The third-order valence-electron chi connectivity index (χ3n) is 1.68. The Bertz CT molecular complexity index is 118. The van der Waals surface area contributed by atoms with Crippen LogP contribution in [-0.2, 0) is 4.79 Å². The number of hydrogen-bond donors (Lipinski definition) is 0. The van der Waals surface area contributed by atoms with Gasteiger partial charge in [-0.25, -0.2) is 0 Å². The molecule has 0 aromatic rings. The van der Waals surface area contributed by atoms with Gasteiger partial charge < -0.3 is 9.80 Å². The van der Waals surface area contributed by atoms with E-state index in [9.17, 15) is 4.79 Å². The predicted molar refractivity (Wildman–Crippen MR) is 51.3 cm³/mol. The Morgan fingerprint density at radius 3 is 1.50 bits per heavy atom. The first-order valence-corrected chi connectivity index (χ1v) is 4.33. The van der Waals surface area contributed by atoms with Gasteiger partial charge in [-0.15, -0.1) is 0 Å². The monoisotopic (exact) mass is 172 g/mol. The fourth-order valence-electron chi connectivity index (χ4n) is 0.822. The number of rotatable bonds is 6. The molecule has 0 rings (SSSR count). The van der Waals surface area contributed by atoms with Crippen molar-refractivity contribution in [2.24, 2.45) is 0 Å². The zero-order valence-electron chi connectivity index (χ0n) is 8.63. The highest BCUT2D eigenvalue weighted by Crippen LogP contribution is 1.92. The highest BCUT2D eigenvalue weighted by Gasteiger charge is 2.02. The van der Waals surface area contributed by atoms with Crippen LogP contribution < -0.4 is 0 Å². The summed E-state index contributed by atoms with van der Waals surface area (Å²) >= 11 is 0. The number of carbonyl (C=O) groups is 1. The van der Waals surface area contributed by atoms with E-state index in [1.165, 1.54) is 0 Å². The molecule has 0 heterocycles. The van der Waals surface area contributed by atoms with E-state index in [4.69, 9.17) is 0 Å². The van der Waals surface area contributed by atoms with E-state index in [1.54, 1.807) is 0 Å². The SMILES string of the molecule is CN(C)CCC(=O)CCN(C)C. The van der Waals surface area contributed by atoms with Gasteiger partial charge in [0.15, 0.2) is 0 Å². The van der Waals surface area contributed by atoms with Crippen molar-refractivity contribution in [3.8, 4) is 0 Å². The molecule has 0 aliphatic carbocycles. The Morgan fingerprint density at radius 1 is 0.917 bits per heavy atom. The van der Waals surface area contributed by atoms with E-state index in [2.05, 4.69) is 0 Å². The highest BCUT2D eigenvalue weighted by molar-refractivity contribution is 5.78. The number of hydrogen-bond acceptors (Lipinski definition) is 3. The Kier molecular flexibility index (Phi) is 5.93. The first kappa shape index (κ1) is 11.6. The van der Waals surface area contributed by atoms with Gasteiger partial charge in [-0.05, 0) is 28.2 Å². The van der Waals surface area contributed by atoms with Crippen molar-refractivity contribution in [2.45, 2.75) is 12.8 Å². The molecule has 0 radical (unpaired) electrons. The number of carbonyl (C=O) groups excluding carboxylic acids is 1. The first-order valence-electron chi connectivity index (χ1n) is 4.33. The first-order chi connectivity index (χ1) is 5.52. The maximum absolute atomic E-state index is 11.2. The molecule has 0 unspecified atom stereocenters. The van der Waals surface area contributed by atoms with Crippen LogP contribution in [0, 0.1) is 0 Å². The molecule has 0 saturated heterocycles. The van der Waals surface area contributed by atoms with Crippen molar-refractivity contribution >= 4 is 5.78 Å². The molecule has 0 N–H and O–H groups in total. The highest BCUT2D eigenvalue weighted by atomic mass is 16.1. The molecule has 0 aliphatic heterocycles. The molecule has 0 bridgehead atoms. The van der Waals surface area contributed by atoms with Crippen LogP contribution in [0.3, 0.4) is 0 Å². The number of nitrogens with zero attached hydrogens (tertiary/aromatic N) is 2. The molecule has 3 heteroatoms. The van der Waals surface area contributed by atoms with E-state index < -0.39 is 0 Å². The lowest BCUT2D eigenvalue weighted by Gasteiger charge is -2.10. The number of ketones is 1. The minimum absolute atomic E-state index is 0.359. The van der Waals surface area contributed by atoms with Crippen LogP contribution in [0.5, 0.6) is 0 Å². The summed E-state index contributed by atoms with van der Waals surface area (Å²) in [6, 6.07) is 0. The van der Waals surface area contributed by atoms with Crippen molar-refractivity contribution in [1.82, 2.24) is 9.80 Å². The zero-order valence-corrected chi connectivity index (χ0v) is 8.63. The number of Topliss-reactive ketones (excluding diaryl/α,β-unsaturated/α-hetero) is 1. The summed E-state index contributed by atoms with van der Waals surface area (Å²) in [6.07, 6.45) is 1.36. The lowest BCUT2D eigenvalue weighted by atomic mass is 10.2. The molecule has 12 heavy (non-hydrogen) atoms. The Hall–Kier alpha value is -0.410. The second kappa shape index (κ2) is 6.14. The quantitative estimate of drug-likeness (QED) is 0.581. The van der Waals surface area contributed by atoms with E-state index in [0.29, 0.717) is 18.6 Å². The lowest BCUT2D eigenvalue weighted by Crippen LogP contribution is -2.20. The molecule has 3 nitrogen and oxygen atoms in total. The fraction of sp³-hybridized carbons (Fsp3) is 0.889. The van der Waals surface area contributed by atoms with Crippen LogP contribution in [-0.4, -0.2) is 56.9 Å². The maximum atomic E-state index is 11.2. The second-order valence-electron chi connectivity index (χ2n) is 3.65. The average molecular weight is 172 g/mol. The van der Waals surface area contributed by atoms with Gasteiger partial charge in [0.1, 0.15) is 5.78 Å². The molecule has 0 saturated carbocycles. The normalized spacial score (nSPS) is 11.2. The fourth-order valence-corrected chi connectivity index (χ4v) is 0.822. The summed E-state index contributed by atoms with van der Waals surface area (Å²) in [5, 5.41) is 0. The molecule has 0 fully saturated rings. The van der Waals surface area contributed by atoms with Crippen LogP contribution in [0.4, 0.5) is 0 Å². The van der Waals surface area contributed by atoms with E-state index in [0.717, 1.165) is 13.1 Å².